The maximum atomic E-state index is 13.3. The molecule has 3 heterocycles. The summed E-state index contributed by atoms with van der Waals surface area (Å²) < 4.78 is 1.87. The Kier molecular flexibility index (Phi) is 5.57. The van der Waals surface area contributed by atoms with E-state index in [1.54, 1.807) is 0 Å². The van der Waals surface area contributed by atoms with E-state index < -0.39 is 0 Å². The molecule has 1 aromatic heterocycles. The lowest BCUT2D eigenvalue weighted by atomic mass is 10.0. The molecule has 7 heteroatoms. The first kappa shape index (κ1) is 20.2. The van der Waals surface area contributed by atoms with E-state index in [1.807, 2.05) is 40.0 Å². The van der Waals surface area contributed by atoms with Crippen LogP contribution in [0.15, 0.2) is 30.5 Å². The molecule has 0 radical (unpaired) electrons. The number of rotatable bonds is 2. The van der Waals surface area contributed by atoms with Crippen molar-refractivity contribution < 1.29 is 4.79 Å². The molecule has 2 aliphatic rings. The van der Waals surface area contributed by atoms with E-state index in [2.05, 4.69) is 26.1 Å². The molecule has 4 rings (SSSR count). The molecule has 0 saturated carbocycles. The van der Waals surface area contributed by atoms with Gasteiger partial charge in [-0.25, -0.2) is 0 Å². The molecule has 0 spiro atoms. The van der Waals surface area contributed by atoms with Gasteiger partial charge in [0.05, 0.1) is 16.1 Å². The summed E-state index contributed by atoms with van der Waals surface area (Å²) >= 11 is 6.41. The maximum Gasteiger partial charge on any atom is 0.257 e. The van der Waals surface area contributed by atoms with Crippen LogP contribution in [-0.4, -0.2) is 46.8 Å². The standard InChI is InChI=1S/C20H25ClN4O.ClH/c1-20(2,3)25-12-16(18(23-25)15-6-4-5-7-17(15)21)19(26)24-10-13-8-22-9-14(13)11-24;/h4-7,12-14,22H,8-11H2,1-3H3;1H/t13-,14+;. The molecule has 0 bridgehead atoms. The van der Waals surface area contributed by atoms with Crippen LogP contribution in [0.3, 0.4) is 0 Å². The van der Waals surface area contributed by atoms with Crippen molar-refractivity contribution in [3.05, 3.63) is 41.0 Å². The third-order valence-corrected chi connectivity index (χ3v) is 5.77. The molecule has 1 amide bonds. The van der Waals surface area contributed by atoms with E-state index in [0.717, 1.165) is 31.7 Å². The topological polar surface area (TPSA) is 50.2 Å². The lowest BCUT2D eigenvalue weighted by Crippen LogP contribution is -2.32. The number of halogens is 2. The summed E-state index contributed by atoms with van der Waals surface area (Å²) in [5.74, 6) is 1.20. The van der Waals surface area contributed by atoms with Crippen LogP contribution >= 0.6 is 24.0 Å². The molecule has 2 fully saturated rings. The first-order valence-corrected chi connectivity index (χ1v) is 9.57. The van der Waals surface area contributed by atoms with Crippen LogP contribution in [0.4, 0.5) is 0 Å². The van der Waals surface area contributed by atoms with Crippen LogP contribution in [0.2, 0.25) is 5.02 Å². The summed E-state index contributed by atoms with van der Waals surface area (Å²) in [4.78, 5) is 15.3. The third kappa shape index (κ3) is 3.73. The molecule has 1 N–H and O–H groups in total. The van der Waals surface area contributed by atoms with Crippen molar-refractivity contribution in [2.45, 2.75) is 26.3 Å². The van der Waals surface area contributed by atoms with Crippen LogP contribution in [0.25, 0.3) is 11.3 Å². The summed E-state index contributed by atoms with van der Waals surface area (Å²) in [5, 5.41) is 8.78. The molecule has 2 saturated heterocycles. The van der Waals surface area contributed by atoms with Gasteiger partial charge < -0.3 is 10.2 Å². The third-order valence-electron chi connectivity index (χ3n) is 5.44. The number of likely N-dealkylation sites (tertiary alicyclic amines) is 1. The highest BCUT2D eigenvalue weighted by Gasteiger charge is 2.39. The van der Waals surface area contributed by atoms with Crippen LogP contribution in [0.5, 0.6) is 0 Å². The van der Waals surface area contributed by atoms with Gasteiger partial charge in [-0.3, -0.25) is 9.48 Å². The molecular formula is C20H26Cl2N4O. The predicted octanol–water partition coefficient (Wildman–Crippen LogP) is 3.67. The summed E-state index contributed by atoms with van der Waals surface area (Å²) in [6.45, 7) is 9.89. The second-order valence-corrected chi connectivity index (χ2v) is 8.78. The largest absolute Gasteiger partial charge is 0.338 e. The Morgan fingerprint density at radius 3 is 2.41 bits per heavy atom. The van der Waals surface area contributed by atoms with Gasteiger partial charge in [0.2, 0.25) is 0 Å². The van der Waals surface area contributed by atoms with Gasteiger partial charge in [0.1, 0.15) is 5.69 Å². The normalized spacial score (nSPS) is 21.9. The Hall–Kier alpha value is -1.56. The van der Waals surface area contributed by atoms with Crippen LogP contribution < -0.4 is 5.32 Å². The zero-order valence-corrected chi connectivity index (χ0v) is 17.5. The summed E-state index contributed by atoms with van der Waals surface area (Å²) in [7, 11) is 0. The van der Waals surface area contributed by atoms with Crippen molar-refractivity contribution in [3.8, 4) is 11.3 Å². The Balaban J connectivity index is 0.00000210. The Bertz CT molecular complexity index is 831. The minimum atomic E-state index is -0.208. The Morgan fingerprint density at radius 1 is 1.19 bits per heavy atom. The van der Waals surface area contributed by atoms with Crippen LogP contribution in [0, 0.1) is 11.8 Å². The summed E-state index contributed by atoms with van der Waals surface area (Å²) in [5.41, 5.74) is 1.91. The van der Waals surface area contributed by atoms with Crippen molar-refractivity contribution in [2.75, 3.05) is 26.2 Å². The number of hydrogen-bond donors (Lipinski definition) is 1. The van der Waals surface area contributed by atoms with E-state index in [0.29, 0.717) is 28.1 Å². The van der Waals surface area contributed by atoms with E-state index in [4.69, 9.17) is 16.7 Å². The molecule has 2 aromatic rings. The average molecular weight is 409 g/mol. The minimum Gasteiger partial charge on any atom is -0.338 e. The summed E-state index contributed by atoms with van der Waals surface area (Å²) in [6.07, 6.45) is 1.88. The smallest absolute Gasteiger partial charge is 0.257 e. The van der Waals surface area contributed by atoms with Crippen LogP contribution in [-0.2, 0) is 5.54 Å². The number of aromatic nitrogens is 2. The quantitative estimate of drug-likeness (QED) is 0.824. The number of benzene rings is 1. The minimum absolute atomic E-state index is 0. The van der Waals surface area contributed by atoms with Gasteiger partial charge in [-0.15, -0.1) is 12.4 Å². The molecule has 0 unspecified atom stereocenters. The second kappa shape index (κ2) is 7.46. The fourth-order valence-electron chi connectivity index (χ4n) is 3.92. The fourth-order valence-corrected chi connectivity index (χ4v) is 4.14. The lowest BCUT2D eigenvalue weighted by molar-refractivity contribution is 0.0782. The van der Waals surface area contributed by atoms with Crippen LogP contribution in [0.1, 0.15) is 31.1 Å². The van der Waals surface area contributed by atoms with Crippen molar-refractivity contribution in [1.82, 2.24) is 20.0 Å². The number of fused-ring (bicyclic) bond motifs is 1. The molecule has 27 heavy (non-hydrogen) atoms. The lowest BCUT2D eigenvalue weighted by Gasteiger charge is -2.19. The summed E-state index contributed by atoms with van der Waals surface area (Å²) in [6, 6.07) is 7.59. The van der Waals surface area contributed by atoms with Crippen molar-refractivity contribution in [2.24, 2.45) is 11.8 Å². The van der Waals surface area contributed by atoms with E-state index in [-0.39, 0.29) is 23.9 Å². The van der Waals surface area contributed by atoms with E-state index >= 15 is 0 Å². The highest BCUT2D eigenvalue weighted by atomic mass is 35.5. The molecule has 1 aromatic carbocycles. The first-order valence-electron chi connectivity index (χ1n) is 9.19. The molecule has 0 aliphatic carbocycles. The Labute approximate surface area is 171 Å². The van der Waals surface area contributed by atoms with Gasteiger partial charge in [-0.05, 0) is 38.7 Å². The van der Waals surface area contributed by atoms with Gasteiger partial charge >= 0.3 is 0 Å². The van der Waals surface area contributed by atoms with Gasteiger partial charge in [-0.1, -0.05) is 29.8 Å². The number of hydrogen-bond acceptors (Lipinski definition) is 3. The predicted molar refractivity (Wildman–Crippen MR) is 111 cm³/mol. The highest BCUT2D eigenvalue weighted by molar-refractivity contribution is 6.33. The van der Waals surface area contributed by atoms with E-state index in [1.165, 1.54) is 0 Å². The van der Waals surface area contributed by atoms with Gasteiger partial charge in [-0.2, -0.15) is 5.10 Å². The zero-order valence-electron chi connectivity index (χ0n) is 15.9. The molecule has 2 aliphatic heterocycles. The number of amides is 1. The maximum absolute atomic E-state index is 13.3. The molecular weight excluding hydrogens is 383 g/mol. The van der Waals surface area contributed by atoms with Gasteiger partial charge in [0.25, 0.3) is 5.91 Å². The van der Waals surface area contributed by atoms with Gasteiger partial charge in [0, 0.05) is 37.9 Å². The number of carbonyl (C=O) groups excluding carboxylic acids is 1. The number of carbonyl (C=O) groups is 1. The van der Waals surface area contributed by atoms with Crippen molar-refractivity contribution in [1.29, 1.82) is 0 Å². The SMILES string of the molecule is CC(C)(C)n1cc(C(=O)N2C[C@H]3CNC[C@H]3C2)c(-c2ccccc2Cl)n1.Cl. The van der Waals surface area contributed by atoms with E-state index in [9.17, 15) is 4.79 Å². The number of nitrogens with zero attached hydrogens (tertiary/aromatic N) is 3. The fraction of sp³-hybridized carbons (Fsp3) is 0.500. The monoisotopic (exact) mass is 408 g/mol. The van der Waals surface area contributed by atoms with Crippen molar-refractivity contribution >= 4 is 29.9 Å². The molecule has 146 valence electrons. The number of nitrogens with one attached hydrogen (secondary N) is 1. The average Bonchev–Trinajstić information content (AvgIpc) is 3.28. The highest BCUT2D eigenvalue weighted by Crippen LogP contribution is 2.33. The first-order chi connectivity index (χ1) is 12.3. The molecule has 5 nitrogen and oxygen atoms in total. The van der Waals surface area contributed by atoms with Gasteiger partial charge in [0.15, 0.2) is 0 Å². The molecule has 2 atom stereocenters. The Morgan fingerprint density at radius 2 is 1.81 bits per heavy atom. The zero-order chi connectivity index (χ0) is 18.5. The second-order valence-electron chi connectivity index (χ2n) is 8.38. The van der Waals surface area contributed by atoms with Crippen molar-refractivity contribution in [3.63, 3.8) is 0 Å².